The third kappa shape index (κ3) is 3.76. The molecule has 4 nitrogen and oxygen atoms in total. The van der Waals surface area contributed by atoms with Crippen molar-refractivity contribution < 1.29 is 5.11 Å². The number of aliphatic hydroxyl groups excluding tert-OH is 1. The van der Waals surface area contributed by atoms with Gasteiger partial charge in [0.15, 0.2) is 5.17 Å². The Morgan fingerprint density at radius 3 is 2.75 bits per heavy atom. The molecule has 0 rings (SSSR count). The molecule has 5 N–H and O–H groups in total. The van der Waals surface area contributed by atoms with Gasteiger partial charge < -0.3 is 16.7 Å². The molecule has 0 aromatic rings. The summed E-state index contributed by atoms with van der Waals surface area (Å²) in [5.41, 5.74) is 5.14. The van der Waals surface area contributed by atoms with Crippen LogP contribution in [0.3, 0.4) is 0 Å². The van der Waals surface area contributed by atoms with Gasteiger partial charge in [-0.15, -0.1) is 0 Å². The Morgan fingerprint density at radius 2 is 2.38 bits per heavy atom. The average molecular weight is 135 g/mol. The lowest BCUT2D eigenvalue weighted by molar-refractivity contribution is 0.323. The Hall–Kier alpha value is -0.420. The van der Waals surface area contributed by atoms with Crippen molar-refractivity contribution >= 4 is 16.9 Å². The van der Waals surface area contributed by atoms with E-state index in [9.17, 15) is 0 Å². The maximum Gasteiger partial charge on any atom is 0.177 e. The standard InChI is InChI=1S/C3H9N3OS/c4-3(6-5)8-2-1-7/h7H,1-2,5H2,(H2,4,6). The van der Waals surface area contributed by atoms with Crippen molar-refractivity contribution in [2.45, 2.75) is 0 Å². The first-order chi connectivity index (χ1) is 3.81. The molecule has 0 atom stereocenters. The molecule has 0 saturated carbocycles. The molecule has 0 radical (unpaired) electrons. The first kappa shape index (κ1) is 7.58. The normalized spacial score (nSPS) is 11.9. The minimum atomic E-state index is 0.0981. The van der Waals surface area contributed by atoms with Crippen molar-refractivity contribution in [2.24, 2.45) is 16.7 Å². The number of hydrogen-bond acceptors (Lipinski definition) is 4. The number of nitrogens with zero attached hydrogens (tertiary/aromatic N) is 1. The van der Waals surface area contributed by atoms with Crippen LogP contribution in [0.4, 0.5) is 0 Å². The molecule has 0 spiro atoms. The first-order valence-electron chi connectivity index (χ1n) is 2.08. The maximum atomic E-state index is 8.24. The Labute approximate surface area is 51.9 Å². The predicted octanol–water partition coefficient (Wildman–Crippen LogP) is -1.10. The van der Waals surface area contributed by atoms with Gasteiger partial charge in [0, 0.05) is 5.75 Å². The summed E-state index contributed by atoms with van der Waals surface area (Å²) in [6, 6.07) is 0. The van der Waals surface area contributed by atoms with Crippen LogP contribution in [0.15, 0.2) is 5.10 Å². The molecule has 0 aromatic carbocycles. The van der Waals surface area contributed by atoms with E-state index >= 15 is 0 Å². The molecular formula is C3H9N3OS. The minimum Gasteiger partial charge on any atom is -0.396 e. The molecule has 0 aliphatic carbocycles. The summed E-state index contributed by atoms with van der Waals surface area (Å²) in [7, 11) is 0. The van der Waals surface area contributed by atoms with E-state index in [1.807, 2.05) is 0 Å². The zero-order chi connectivity index (χ0) is 6.41. The van der Waals surface area contributed by atoms with Crippen LogP contribution in [-0.4, -0.2) is 22.6 Å². The number of thioether (sulfide) groups is 1. The molecule has 8 heavy (non-hydrogen) atoms. The highest BCUT2D eigenvalue weighted by Crippen LogP contribution is 1.95. The van der Waals surface area contributed by atoms with Crippen molar-refractivity contribution in [1.82, 2.24) is 0 Å². The summed E-state index contributed by atoms with van der Waals surface area (Å²) < 4.78 is 0. The highest BCUT2D eigenvalue weighted by Gasteiger charge is 1.88. The summed E-state index contributed by atoms with van der Waals surface area (Å²) in [5.74, 6) is 5.32. The molecule has 0 amide bonds. The van der Waals surface area contributed by atoms with Gasteiger partial charge in [-0.2, -0.15) is 5.10 Å². The van der Waals surface area contributed by atoms with Gasteiger partial charge in [0.1, 0.15) is 0 Å². The van der Waals surface area contributed by atoms with E-state index in [1.54, 1.807) is 0 Å². The van der Waals surface area contributed by atoms with Crippen LogP contribution in [0.5, 0.6) is 0 Å². The summed E-state index contributed by atoms with van der Waals surface area (Å²) >= 11 is 1.23. The average Bonchev–Trinajstić information content (AvgIpc) is 1.83. The van der Waals surface area contributed by atoms with Crippen LogP contribution >= 0.6 is 11.8 Å². The molecule has 0 aromatic heterocycles. The fourth-order valence-electron chi connectivity index (χ4n) is 0.187. The number of amidine groups is 1. The topological polar surface area (TPSA) is 84.6 Å². The summed E-state index contributed by atoms with van der Waals surface area (Å²) in [5, 5.41) is 11.7. The van der Waals surface area contributed by atoms with Crippen molar-refractivity contribution in [2.75, 3.05) is 12.4 Å². The summed E-state index contributed by atoms with van der Waals surface area (Å²) in [6.45, 7) is 0.0981. The number of rotatable bonds is 2. The molecule has 0 unspecified atom stereocenters. The molecule has 0 aliphatic heterocycles. The number of aliphatic hydroxyl groups is 1. The van der Waals surface area contributed by atoms with Gasteiger partial charge in [-0.3, -0.25) is 0 Å². The Morgan fingerprint density at radius 1 is 1.75 bits per heavy atom. The van der Waals surface area contributed by atoms with E-state index in [-0.39, 0.29) is 6.61 Å². The monoisotopic (exact) mass is 135 g/mol. The Kier molecular flexibility index (Phi) is 4.48. The largest absolute Gasteiger partial charge is 0.396 e. The van der Waals surface area contributed by atoms with E-state index in [1.165, 1.54) is 11.8 Å². The molecule has 0 bridgehead atoms. The van der Waals surface area contributed by atoms with Gasteiger partial charge in [-0.05, 0) is 0 Å². The number of nitrogens with two attached hydrogens (primary N) is 2. The van der Waals surface area contributed by atoms with Gasteiger partial charge in [-0.25, -0.2) is 0 Å². The highest BCUT2D eigenvalue weighted by atomic mass is 32.2. The molecule has 0 aliphatic rings. The minimum absolute atomic E-state index is 0.0981. The van der Waals surface area contributed by atoms with E-state index in [2.05, 4.69) is 5.10 Å². The van der Waals surface area contributed by atoms with Crippen molar-refractivity contribution in [1.29, 1.82) is 0 Å². The Balaban J connectivity index is 3.12. The second-order valence-corrected chi connectivity index (χ2v) is 2.15. The van der Waals surface area contributed by atoms with Crippen LogP contribution in [0.1, 0.15) is 0 Å². The van der Waals surface area contributed by atoms with Crippen molar-refractivity contribution in [3.8, 4) is 0 Å². The second-order valence-electron chi connectivity index (χ2n) is 1.04. The lowest BCUT2D eigenvalue weighted by Gasteiger charge is -1.92. The van der Waals surface area contributed by atoms with Gasteiger partial charge in [-0.1, -0.05) is 11.8 Å². The second kappa shape index (κ2) is 4.73. The molecule has 48 valence electrons. The first-order valence-corrected chi connectivity index (χ1v) is 3.07. The Bertz CT molecular complexity index is 84.6. The van der Waals surface area contributed by atoms with Gasteiger partial charge in [0.05, 0.1) is 6.61 Å². The van der Waals surface area contributed by atoms with E-state index in [4.69, 9.17) is 16.7 Å². The van der Waals surface area contributed by atoms with Crippen molar-refractivity contribution in [3.05, 3.63) is 0 Å². The third-order valence-electron chi connectivity index (χ3n) is 0.468. The van der Waals surface area contributed by atoms with Crippen LogP contribution in [0, 0.1) is 0 Å². The third-order valence-corrected chi connectivity index (χ3v) is 1.26. The fourth-order valence-corrected chi connectivity index (χ4v) is 0.562. The summed E-state index contributed by atoms with van der Waals surface area (Å²) in [6.07, 6.45) is 0. The quantitative estimate of drug-likeness (QED) is 0.194. The van der Waals surface area contributed by atoms with E-state index < -0.39 is 0 Å². The van der Waals surface area contributed by atoms with Crippen LogP contribution in [0.2, 0.25) is 0 Å². The molecule has 0 fully saturated rings. The molecule has 0 saturated heterocycles. The van der Waals surface area contributed by atoms with Crippen molar-refractivity contribution in [3.63, 3.8) is 0 Å². The zero-order valence-corrected chi connectivity index (χ0v) is 5.19. The SMILES string of the molecule is NN=C(N)SCCO. The predicted molar refractivity (Wildman–Crippen MR) is 35.4 cm³/mol. The maximum absolute atomic E-state index is 8.24. The van der Waals surface area contributed by atoms with E-state index in [0.717, 1.165) is 0 Å². The number of hydrazone groups is 1. The zero-order valence-electron chi connectivity index (χ0n) is 4.37. The van der Waals surface area contributed by atoms with E-state index in [0.29, 0.717) is 10.9 Å². The smallest absolute Gasteiger partial charge is 0.177 e. The summed E-state index contributed by atoms with van der Waals surface area (Å²) in [4.78, 5) is 0. The van der Waals surface area contributed by atoms with Crippen LogP contribution < -0.4 is 11.6 Å². The molecule has 5 heteroatoms. The fraction of sp³-hybridized carbons (Fsp3) is 0.667. The van der Waals surface area contributed by atoms with Gasteiger partial charge in [0.25, 0.3) is 0 Å². The lowest BCUT2D eigenvalue weighted by atomic mass is 10.9. The van der Waals surface area contributed by atoms with Crippen LogP contribution in [0.25, 0.3) is 0 Å². The van der Waals surface area contributed by atoms with Crippen LogP contribution in [-0.2, 0) is 0 Å². The lowest BCUT2D eigenvalue weighted by Crippen LogP contribution is -2.10. The van der Waals surface area contributed by atoms with Gasteiger partial charge >= 0.3 is 0 Å². The molecule has 0 heterocycles. The van der Waals surface area contributed by atoms with Gasteiger partial charge in [0.2, 0.25) is 0 Å². The number of hydrogen-bond donors (Lipinski definition) is 3. The molecular weight excluding hydrogens is 126 g/mol. The highest BCUT2D eigenvalue weighted by molar-refractivity contribution is 8.13.